The highest BCUT2D eigenvalue weighted by Crippen LogP contribution is 2.29. The Morgan fingerprint density at radius 1 is 1.41 bits per heavy atom. The molecule has 0 aliphatic carbocycles. The highest BCUT2D eigenvalue weighted by Gasteiger charge is 2.30. The second-order valence-electron chi connectivity index (χ2n) is 4.78. The molecule has 126 valence electrons. The molecule has 1 atom stereocenters. The zero-order chi connectivity index (χ0) is 16.0. The van der Waals surface area contributed by atoms with E-state index in [0.29, 0.717) is 12.0 Å². The summed E-state index contributed by atoms with van der Waals surface area (Å²) in [4.78, 5) is 13.4. The third-order valence-electron chi connectivity index (χ3n) is 3.00. The first kappa shape index (κ1) is 21.1. The first-order chi connectivity index (χ1) is 9.75. The predicted molar refractivity (Wildman–Crippen MR) is 86.1 cm³/mol. The lowest BCUT2D eigenvalue weighted by atomic mass is 10.1. The monoisotopic (exact) mass is 356 g/mol. The van der Waals surface area contributed by atoms with Crippen molar-refractivity contribution in [2.75, 3.05) is 19.1 Å². The molecule has 22 heavy (non-hydrogen) atoms. The zero-order valence-electron chi connectivity index (χ0n) is 12.4. The van der Waals surface area contributed by atoms with E-state index in [1.54, 1.807) is 24.9 Å². The Morgan fingerprint density at radius 2 is 2.05 bits per heavy atom. The zero-order valence-corrected chi connectivity index (χ0v) is 14.0. The van der Waals surface area contributed by atoms with E-state index in [9.17, 15) is 18.0 Å². The van der Waals surface area contributed by atoms with E-state index in [1.165, 1.54) is 11.0 Å². The number of carbonyl (C=O) groups excluding carboxylic acids is 1. The molecule has 0 bridgehead atoms. The lowest BCUT2D eigenvalue weighted by Crippen LogP contribution is -2.41. The van der Waals surface area contributed by atoms with Gasteiger partial charge >= 0.3 is 6.18 Å². The van der Waals surface area contributed by atoms with Crippen LogP contribution in [0.25, 0.3) is 0 Å². The summed E-state index contributed by atoms with van der Waals surface area (Å²) in [6, 6.07) is 4.34. The van der Waals surface area contributed by atoms with Gasteiger partial charge in [0.2, 0.25) is 5.91 Å². The number of thioether (sulfide) groups is 1. The van der Waals surface area contributed by atoms with E-state index in [0.717, 1.165) is 17.9 Å². The van der Waals surface area contributed by atoms with Crippen LogP contribution in [0, 0.1) is 0 Å². The molecule has 0 spiro atoms. The van der Waals surface area contributed by atoms with Crippen LogP contribution in [-0.4, -0.2) is 35.9 Å². The van der Waals surface area contributed by atoms with Crippen LogP contribution in [0.15, 0.2) is 24.3 Å². The second-order valence-corrected chi connectivity index (χ2v) is 5.77. The molecule has 1 amide bonds. The lowest BCUT2D eigenvalue weighted by molar-refractivity contribution is -0.137. The van der Waals surface area contributed by atoms with Crippen molar-refractivity contribution < 1.29 is 18.0 Å². The Hall–Kier alpha value is -0.920. The third kappa shape index (κ3) is 6.46. The number of nitrogens with zero attached hydrogens (tertiary/aromatic N) is 1. The number of hydrogen-bond acceptors (Lipinski definition) is 3. The van der Waals surface area contributed by atoms with Crippen molar-refractivity contribution >= 4 is 30.1 Å². The van der Waals surface area contributed by atoms with Crippen LogP contribution in [0.4, 0.5) is 13.2 Å². The first-order valence-electron chi connectivity index (χ1n) is 6.41. The number of likely N-dealkylation sites (N-methyl/N-ethyl adjacent to an activating group) is 1. The van der Waals surface area contributed by atoms with Crippen molar-refractivity contribution in [1.82, 2.24) is 4.90 Å². The second kappa shape index (κ2) is 9.27. The van der Waals surface area contributed by atoms with Gasteiger partial charge in [-0.2, -0.15) is 24.9 Å². The van der Waals surface area contributed by atoms with Gasteiger partial charge in [0.05, 0.1) is 11.6 Å². The fourth-order valence-corrected chi connectivity index (χ4v) is 2.34. The van der Waals surface area contributed by atoms with Crippen molar-refractivity contribution in [1.29, 1.82) is 0 Å². The Kier molecular flexibility index (Phi) is 8.88. The lowest BCUT2D eigenvalue weighted by Gasteiger charge is -2.21. The van der Waals surface area contributed by atoms with Crippen LogP contribution < -0.4 is 5.73 Å². The summed E-state index contributed by atoms with van der Waals surface area (Å²) in [5.41, 5.74) is 5.49. The average Bonchev–Trinajstić information content (AvgIpc) is 2.43. The minimum atomic E-state index is -4.38. The fourth-order valence-electron chi connectivity index (χ4n) is 1.85. The number of hydrogen-bond donors (Lipinski definition) is 1. The molecule has 0 saturated carbocycles. The van der Waals surface area contributed by atoms with E-state index in [-0.39, 0.29) is 24.9 Å². The van der Waals surface area contributed by atoms with Gasteiger partial charge in [0.1, 0.15) is 0 Å². The smallest absolute Gasteiger partial charge is 0.340 e. The maximum absolute atomic E-state index is 12.6. The Balaban J connectivity index is 0.00000441. The molecular weight excluding hydrogens is 337 g/mol. The molecule has 8 heteroatoms. The molecule has 3 nitrogen and oxygen atoms in total. The first-order valence-corrected chi connectivity index (χ1v) is 7.80. The van der Waals surface area contributed by atoms with Crippen molar-refractivity contribution in [3.05, 3.63) is 35.4 Å². The van der Waals surface area contributed by atoms with Crippen LogP contribution in [0.1, 0.15) is 17.5 Å². The molecule has 1 rings (SSSR count). The minimum absolute atomic E-state index is 0. The molecule has 0 unspecified atom stereocenters. The van der Waals surface area contributed by atoms with Gasteiger partial charge in [-0.15, -0.1) is 12.4 Å². The Bertz CT molecular complexity index is 485. The third-order valence-corrected chi connectivity index (χ3v) is 3.64. The summed E-state index contributed by atoms with van der Waals surface area (Å²) in [5.74, 6) is 0.506. The number of halogens is 4. The van der Waals surface area contributed by atoms with Gasteiger partial charge in [-0.25, -0.2) is 0 Å². The summed E-state index contributed by atoms with van der Waals surface area (Å²) in [6.07, 6.45) is -1.91. The Labute approximate surface area is 138 Å². The molecule has 1 aromatic carbocycles. The topological polar surface area (TPSA) is 46.3 Å². The van der Waals surface area contributed by atoms with Crippen molar-refractivity contribution in [2.45, 2.75) is 25.2 Å². The van der Waals surface area contributed by atoms with Crippen LogP contribution in [0.3, 0.4) is 0 Å². The van der Waals surface area contributed by atoms with Crippen LogP contribution >= 0.6 is 24.2 Å². The van der Waals surface area contributed by atoms with Crippen LogP contribution in [0.2, 0.25) is 0 Å². The molecule has 0 aliphatic heterocycles. The largest absolute Gasteiger partial charge is 0.416 e. The summed E-state index contributed by atoms with van der Waals surface area (Å²) < 4.78 is 37.9. The molecule has 0 fully saturated rings. The van der Waals surface area contributed by atoms with Gasteiger partial charge in [0, 0.05) is 13.6 Å². The summed E-state index contributed by atoms with van der Waals surface area (Å²) in [5, 5.41) is 0. The normalized spacial score (nSPS) is 12.5. The summed E-state index contributed by atoms with van der Waals surface area (Å²) in [6.45, 7) is 0.107. The van der Waals surface area contributed by atoms with E-state index in [1.807, 2.05) is 6.26 Å². The highest BCUT2D eigenvalue weighted by atomic mass is 35.5. The van der Waals surface area contributed by atoms with Gasteiger partial charge in [-0.3, -0.25) is 4.79 Å². The maximum Gasteiger partial charge on any atom is 0.416 e. The van der Waals surface area contributed by atoms with E-state index < -0.39 is 17.8 Å². The van der Waals surface area contributed by atoms with Crippen molar-refractivity contribution in [3.63, 3.8) is 0 Å². The quantitative estimate of drug-likeness (QED) is 0.851. The van der Waals surface area contributed by atoms with Gasteiger partial charge < -0.3 is 10.6 Å². The van der Waals surface area contributed by atoms with Crippen LogP contribution in [-0.2, 0) is 17.5 Å². The molecular formula is C14H20ClF3N2OS. The maximum atomic E-state index is 12.6. The minimum Gasteiger partial charge on any atom is -0.340 e. The predicted octanol–water partition coefficient (Wildman–Crippen LogP) is 3.17. The van der Waals surface area contributed by atoms with Crippen LogP contribution in [0.5, 0.6) is 0 Å². The standard InChI is InChI=1S/C14H19F3N2OS.ClH/c1-19(13(20)12(18)6-7-21-2)9-10-4-3-5-11(8-10)14(15,16)17;/h3-5,8,12H,6-7,9,18H2,1-2H3;1H/t12-;/m0./s1. The molecule has 2 N–H and O–H groups in total. The SMILES string of the molecule is CSCC[C@H](N)C(=O)N(C)Cc1cccc(C(F)(F)F)c1.Cl. The average molecular weight is 357 g/mol. The van der Waals surface area contributed by atoms with Gasteiger partial charge in [-0.1, -0.05) is 12.1 Å². The van der Waals surface area contributed by atoms with Gasteiger partial charge in [0.25, 0.3) is 0 Å². The number of benzene rings is 1. The fraction of sp³-hybridized carbons (Fsp3) is 0.500. The van der Waals surface area contributed by atoms with Gasteiger partial charge in [0.15, 0.2) is 0 Å². The molecule has 0 aromatic heterocycles. The Morgan fingerprint density at radius 3 is 2.59 bits per heavy atom. The number of rotatable bonds is 6. The molecule has 0 aliphatic rings. The van der Waals surface area contributed by atoms with Crippen molar-refractivity contribution in [3.8, 4) is 0 Å². The van der Waals surface area contributed by atoms with E-state index in [4.69, 9.17) is 5.73 Å². The highest BCUT2D eigenvalue weighted by molar-refractivity contribution is 7.98. The summed E-state index contributed by atoms with van der Waals surface area (Å²) >= 11 is 1.59. The number of alkyl halides is 3. The van der Waals surface area contributed by atoms with Crippen molar-refractivity contribution in [2.24, 2.45) is 5.73 Å². The molecule has 0 saturated heterocycles. The van der Waals surface area contributed by atoms with Gasteiger partial charge in [-0.05, 0) is 36.1 Å². The van der Waals surface area contributed by atoms with E-state index >= 15 is 0 Å². The number of nitrogens with two attached hydrogens (primary N) is 1. The number of amides is 1. The molecule has 0 heterocycles. The number of carbonyl (C=O) groups is 1. The molecule has 0 radical (unpaired) electrons. The van der Waals surface area contributed by atoms with E-state index in [2.05, 4.69) is 0 Å². The summed E-state index contributed by atoms with van der Waals surface area (Å²) in [7, 11) is 1.54. The molecule has 1 aromatic rings.